The predicted octanol–water partition coefficient (Wildman–Crippen LogP) is 6.23. The van der Waals surface area contributed by atoms with Gasteiger partial charge in [-0.15, -0.1) is 0 Å². The van der Waals surface area contributed by atoms with Gasteiger partial charge < -0.3 is 14.6 Å². The Labute approximate surface area is 232 Å². The highest BCUT2D eigenvalue weighted by molar-refractivity contribution is 9.10. The second kappa shape index (κ2) is 12.0. The Morgan fingerprint density at radius 3 is 2.71 bits per heavy atom. The number of carbonyl (C=O) groups excluding carboxylic acids is 1. The lowest BCUT2D eigenvalue weighted by molar-refractivity contribution is -0.121. The number of amides is 1. The second-order valence-electron chi connectivity index (χ2n) is 8.05. The van der Waals surface area contributed by atoms with Crippen molar-refractivity contribution in [1.29, 1.82) is 5.26 Å². The zero-order valence-corrected chi connectivity index (χ0v) is 22.9. The van der Waals surface area contributed by atoms with Gasteiger partial charge >= 0.3 is 5.97 Å². The topological polar surface area (TPSA) is 112 Å². The summed E-state index contributed by atoms with van der Waals surface area (Å²) in [5.74, 6) is -0.296. The van der Waals surface area contributed by atoms with E-state index in [1.165, 1.54) is 28.8 Å². The molecule has 0 aliphatic carbocycles. The predicted molar refractivity (Wildman–Crippen MR) is 150 cm³/mol. The number of carbonyl (C=O) groups is 2. The summed E-state index contributed by atoms with van der Waals surface area (Å²) in [5, 5.41) is 19.0. The third-order valence-electron chi connectivity index (χ3n) is 5.46. The van der Waals surface area contributed by atoms with Gasteiger partial charge in [0.1, 0.15) is 6.61 Å². The molecule has 192 valence electrons. The van der Waals surface area contributed by atoms with Crippen LogP contribution in [0.1, 0.15) is 34.0 Å². The molecule has 3 aromatic rings. The largest absolute Gasteiger partial charge is 0.490 e. The molecule has 1 aliphatic heterocycles. The van der Waals surface area contributed by atoms with Gasteiger partial charge in [0.05, 0.1) is 38.9 Å². The van der Waals surface area contributed by atoms with Crippen molar-refractivity contribution < 1.29 is 24.2 Å². The van der Waals surface area contributed by atoms with Crippen LogP contribution in [-0.2, 0) is 11.4 Å². The van der Waals surface area contributed by atoms with Crippen LogP contribution >= 0.6 is 27.7 Å². The first-order valence-corrected chi connectivity index (χ1v) is 13.1. The van der Waals surface area contributed by atoms with Gasteiger partial charge in [0, 0.05) is 12.6 Å². The third kappa shape index (κ3) is 6.07. The van der Waals surface area contributed by atoms with E-state index in [1.807, 2.05) is 25.1 Å². The Hall–Kier alpha value is -4.07. The van der Waals surface area contributed by atoms with Gasteiger partial charge in [-0.1, -0.05) is 24.3 Å². The van der Waals surface area contributed by atoms with Crippen molar-refractivity contribution in [3.63, 3.8) is 0 Å². The average molecular weight is 592 g/mol. The Morgan fingerprint density at radius 2 is 1.97 bits per heavy atom. The standard InChI is InChI=1S/C28H22BrN3O5S/c1-3-36-23-12-17(11-22(29)25(23)37-16-20-8-5-4-7-19(20)15-30)13-24-26(33)32(2)28(38-24)31-21-10-6-9-18(14-21)27(34)35/h4-14H,3,16H2,1-2H3,(H,34,35)/b24-13+,31-28?. The van der Waals surface area contributed by atoms with E-state index in [0.717, 1.165) is 5.56 Å². The molecule has 1 amide bonds. The van der Waals surface area contributed by atoms with Crippen LogP contribution in [0.5, 0.6) is 11.5 Å². The number of ether oxygens (including phenoxy) is 2. The number of thioether (sulfide) groups is 1. The summed E-state index contributed by atoms with van der Waals surface area (Å²) in [4.78, 5) is 30.5. The molecule has 1 fully saturated rings. The minimum Gasteiger partial charge on any atom is -0.490 e. The number of benzene rings is 3. The number of nitrogens with zero attached hydrogens (tertiary/aromatic N) is 3. The molecule has 8 nitrogen and oxygen atoms in total. The van der Waals surface area contributed by atoms with E-state index in [-0.39, 0.29) is 18.1 Å². The van der Waals surface area contributed by atoms with E-state index in [0.29, 0.717) is 49.5 Å². The lowest BCUT2D eigenvalue weighted by atomic mass is 10.1. The van der Waals surface area contributed by atoms with Gasteiger partial charge in [0.2, 0.25) is 0 Å². The highest BCUT2D eigenvalue weighted by Crippen LogP contribution is 2.40. The summed E-state index contributed by atoms with van der Waals surface area (Å²) < 4.78 is 12.5. The molecule has 1 saturated heterocycles. The van der Waals surface area contributed by atoms with Gasteiger partial charge in [0.15, 0.2) is 16.7 Å². The molecule has 0 spiro atoms. The summed E-state index contributed by atoms with van der Waals surface area (Å²) in [6, 6.07) is 19.2. The molecule has 38 heavy (non-hydrogen) atoms. The number of hydrogen-bond donors (Lipinski definition) is 1. The number of carboxylic acid groups (broad SMARTS) is 1. The van der Waals surface area contributed by atoms with Crippen molar-refractivity contribution in [2.45, 2.75) is 13.5 Å². The smallest absolute Gasteiger partial charge is 0.335 e. The van der Waals surface area contributed by atoms with Gasteiger partial charge in [-0.3, -0.25) is 9.69 Å². The molecule has 10 heteroatoms. The molecule has 3 aromatic carbocycles. The van der Waals surface area contributed by atoms with Crippen molar-refractivity contribution >= 4 is 56.5 Å². The van der Waals surface area contributed by atoms with Gasteiger partial charge in [-0.2, -0.15) is 5.26 Å². The van der Waals surface area contributed by atoms with Crippen molar-refractivity contribution in [1.82, 2.24) is 4.90 Å². The minimum absolute atomic E-state index is 0.117. The Balaban J connectivity index is 1.60. The SMILES string of the molecule is CCOc1cc(/C=C2/SC(=Nc3cccc(C(=O)O)c3)N(C)C2=O)cc(Br)c1OCc1ccccc1C#N. The summed E-state index contributed by atoms with van der Waals surface area (Å²) in [6.45, 7) is 2.45. The molecule has 0 saturated carbocycles. The zero-order valence-electron chi connectivity index (χ0n) is 20.5. The molecule has 0 bridgehead atoms. The lowest BCUT2D eigenvalue weighted by Crippen LogP contribution is -2.23. The number of nitriles is 1. The van der Waals surface area contributed by atoms with E-state index in [4.69, 9.17) is 9.47 Å². The molecule has 0 atom stereocenters. The molecule has 0 unspecified atom stereocenters. The zero-order chi connectivity index (χ0) is 27.2. The summed E-state index contributed by atoms with van der Waals surface area (Å²) in [6.07, 6.45) is 1.74. The fraction of sp³-hybridized carbons (Fsp3) is 0.143. The summed E-state index contributed by atoms with van der Waals surface area (Å²) >= 11 is 4.75. The number of carboxylic acids is 1. The van der Waals surface area contributed by atoms with E-state index >= 15 is 0 Å². The van der Waals surface area contributed by atoms with Crippen molar-refractivity contribution in [3.8, 4) is 17.6 Å². The first kappa shape index (κ1) is 27.0. The fourth-order valence-corrected chi connectivity index (χ4v) is 5.16. The van der Waals surface area contributed by atoms with Gasteiger partial charge in [-0.05, 0) is 82.7 Å². The number of hydrogen-bond acceptors (Lipinski definition) is 7. The third-order valence-corrected chi connectivity index (χ3v) is 7.11. The quantitative estimate of drug-likeness (QED) is 0.309. The van der Waals surface area contributed by atoms with Crippen LogP contribution < -0.4 is 9.47 Å². The molecule has 1 aliphatic rings. The van der Waals surface area contributed by atoms with Crippen LogP contribution in [0.2, 0.25) is 0 Å². The highest BCUT2D eigenvalue weighted by atomic mass is 79.9. The van der Waals surface area contributed by atoms with Crippen molar-refractivity contribution in [3.05, 3.63) is 92.3 Å². The van der Waals surface area contributed by atoms with Crippen LogP contribution in [-0.4, -0.2) is 40.7 Å². The van der Waals surface area contributed by atoms with E-state index < -0.39 is 5.97 Å². The number of amidine groups is 1. The number of halogens is 1. The Kier molecular flexibility index (Phi) is 8.51. The molecular formula is C28H22BrN3O5S. The number of aromatic carboxylic acids is 1. The van der Waals surface area contributed by atoms with Crippen LogP contribution in [0.3, 0.4) is 0 Å². The normalized spacial score (nSPS) is 15.1. The van der Waals surface area contributed by atoms with Crippen LogP contribution in [0.4, 0.5) is 5.69 Å². The maximum Gasteiger partial charge on any atom is 0.335 e. The summed E-state index contributed by atoms with van der Waals surface area (Å²) in [5.41, 5.74) is 2.56. The molecule has 0 aromatic heterocycles. The monoisotopic (exact) mass is 591 g/mol. The average Bonchev–Trinajstić information content (AvgIpc) is 3.16. The highest BCUT2D eigenvalue weighted by Gasteiger charge is 2.30. The number of likely N-dealkylation sites (N-methyl/N-ethyl adjacent to an activating group) is 1. The van der Waals surface area contributed by atoms with Crippen molar-refractivity contribution in [2.75, 3.05) is 13.7 Å². The fourth-order valence-electron chi connectivity index (χ4n) is 3.60. The minimum atomic E-state index is -1.05. The van der Waals surface area contributed by atoms with Crippen LogP contribution in [0, 0.1) is 11.3 Å². The maximum atomic E-state index is 12.9. The Bertz CT molecular complexity index is 1510. The first-order chi connectivity index (χ1) is 18.3. The number of aliphatic imine (C=N–C) groups is 1. The molecule has 4 rings (SSSR count). The van der Waals surface area contributed by atoms with Crippen LogP contribution in [0.15, 0.2) is 75.0 Å². The van der Waals surface area contributed by atoms with Crippen LogP contribution in [0.25, 0.3) is 6.08 Å². The maximum absolute atomic E-state index is 12.9. The molecule has 0 radical (unpaired) electrons. The molecule has 1 N–H and O–H groups in total. The summed E-state index contributed by atoms with van der Waals surface area (Å²) in [7, 11) is 1.62. The second-order valence-corrected chi connectivity index (χ2v) is 9.91. The van der Waals surface area contributed by atoms with Crippen molar-refractivity contribution in [2.24, 2.45) is 4.99 Å². The van der Waals surface area contributed by atoms with E-state index in [2.05, 4.69) is 27.0 Å². The lowest BCUT2D eigenvalue weighted by Gasteiger charge is -2.15. The molecular weight excluding hydrogens is 570 g/mol. The van der Waals surface area contributed by atoms with Gasteiger partial charge in [0.25, 0.3) is 5.91 Å². The van der Waals surface area contributed by atoms with Gasteiger partial charge in [-0.25, -0.2) is 9.79 Å². The number of rotatable bonds is 8. The first-order valence-electron chi connectivity index (χ1n) is 11.5. The molecule has 1 heterocycles. The Morgan fingerprint density at radius 1 is 1.18 bits per heavy atom. The van der Waals surface area contributed by atoms with E-state index in [1.54, 1.807) is 43.5 Å². The van der Waals surface area contributed by atoms with E-state index in [9.17, 15) is 20.0 Å².